The summed E-state index contributed by atoms with van der Waals surface area (Å²) in [5.41, 5.74) is 5.94. The van der Waals surface area contributed by atoms with E-state index in [1.165, 1.54) is 12.1 Å². The first kappa shape index (κ1) is 13.8. The fraction of sp³-hybridized carbons (Fsp3) is 0.143. The van der Waals surface area contributed by atoms with Crippen molar-refractivity contribution < 1.29 is 31.8 Å². The van der Waals surface area contributed by atoms with Crippen LogP contribution in [0.5, 0.6) is 0 Å². The van der Waals surface area contributed by atoms with Crippen molar-refractivity contribution in [2.75, 3.05) is 5.73 Å². The maximum atomic E-state index is 10.7. The minimum atomic E-state index is -4.59. The van der Waals surface area contributed by atoms with Crippen molar-refractivity contribution in [3.05, 3.63) is 22.7 Å². The van der Waals surface area contributed by atoms with Crippen LogP contribution in [0, 0.1) is 6.92 Å². The predicted molar refractivity (Wildman–Crippen MR) is 48.6 cm³/mol. The summed E-state index contributed by atoms with van der Waals surface area (Å²) in [6.45, 7) is 1.70. The van der Waals surface area contributed by atoms with E-state index in [2.05, 4.69) is 0 Å². The van der Waals surface area contributed by atoms with E-state index in [-0.39, 0.29) is 29.6 Å². The molecule has 0 aromatic heterocycles. The van der Waals surface area contributed by atoms with Gasteiger partial charge < -0.3 is 10.3 Å². The number of rotatable bonds is 1. The second-order valence-corrected chi connectivity index (χ2v) is 4.34. The molecule has 0 saturated heterocycles. The van der Waals surface area contributed by atoms with Crippen LogP contribution in [0.15, 0.2) is 17.0 Å². The first-order valence-corrected chi connectivity index (χ1v) is 5.12. The third-order valence-electron chi connectivity index (χ3n) is 1.47. The number of anilines is 1. The van der Waals surface area contributed by atoms with Crippen molar-refractivity contribution in [1.29, 1.82) is 0 Å². The van der Waals surface area contributed by atoms with Crippen LogP contribution >= 0.6 is 11.6 Å². The molecule has 1 aromatic carbocycles. The monoisotopic (exact) mass is 227 g/mol. The van der Waals surface area contributed by atoms with Crippen molar-refractivity contribution in [3.8, 4) is 0 Å². The molecule has 0 saturated carbocycles. The molecule has 0 aliphatic rings. The summed E-state index contributed by atoms with van der Waals surface area (Å²) in [4.78, 5) is -0.542. The fourth-order valence-corrected chi connectivity index (χ4v) is 2.23. The molecule has 0 aliphatic carbocycles. The maximum absolute atomic E-state index is 10.7. The van der Waals surface area contributed by atoms with Gasteiger partial charge in [0.2, 0.25) is 0 Å². The summed E-state index contributed by atoms with van der Waals surface area (Å²) in [7, 11) is -4.59. The maximum Gasteiger partial charge on any atom is 1.00 e. The molecule has 2 N–H and O–H groups in total. The number of halogens is 1. The molecular weight excluding hydrogens is 221 g/mol. The van der Waals surface area contributed by atoms with Gasteiger partial charge in [-0.3, -0.25) is 0 Å². The molecule has 0 aliphatic heterocycles. The van der Waals surface area contributed by atoms with Crippen molar-refractivity contribution in [3.63, 3.8) is 0 Å². The zero-order chi connectivity index (χ0) is 10.2. The molecule has 0 fully saturated rings. The summed E-state index contributed by atoms with van der Waals surface area (Å²) in [5, 5.41) is -0.132. The van der Waals surface area contributed by atoms with Crippen LogP contribution in [-0.2, 0) is 10.1 Å². The number of nitrogen functional groups attached to an aromatic ring is 1. The Kier molecular flexibility index (Phi) is 4.50. The van der Waals surface area contributed by atoms with Gasteiger partial charge in [0.05, 0.1) is 15.6 Å². The molecule has 0 atom stereocenters. The Morgan fingerprint density at radius 3 is 2.29 bits per heavy atom. The van der Waals surface area contributed by atoms with E-state index >= 15 is 0 Å². The molecule has 4 nitrogen and oxygen atoms in total. The minimum Gasteiger partial charge on any atom is -0.744 e. The van der Waals surface area contributed by atoms with E-state index < -0.39 is 15.0 Å². The molecule has 14 heavy (non-hydrogen) atoms. The molecule has 0 heterocycles. The smallest absolute Gasteiger partial charge is 0.744 e. The van der Waals surface area contributed by atoms with Crippen molar-refractivity contribution in [2.45, 2.75) is 11.8 Å². The summed E-state index contributed by atoms with van der Waals surface area (Å²) in [5.74, 6) is 0. The summed E-state index contributed by atoms with van der Waals surface area (Å²) < 4.78 is 32.0. The van der Waals surface area contributed by atoms with Crippen molar-refractivity contribution in [1.82, 2.24) is 0 Å². The number of benzene rings is 1. The minimum absolute atomic E-state index is 0. The van der Waals surface area contributed by atoms with Crippen LogP contribution < -0.4 is 24.6 Å². The average Bonchev–Trinajstić information content (AvgIpc) is 1.78. The largest absolute Gasteiger partial charge is 1.00 e. The second-order valence-electron chi connectivity index (χ2n) is 2.62. The normalized spacial score (nSPS) is 10.8. The summed E-state index contributed by atoms with van der Waals surface area (Å²) in [6.07, 6.45) is 0. The van der Waals surface area contributed by atoms with E-state index in [0.29, 0.717) is 5.56 Å². The Morgan fingerprint density at radius 1 is 1.43 bits per heavy atom. The van der Waals surface area contributed by atoms with Gasteiger partial charge in [-0.15, -0.1) is 0 Å². The second kappa shape index (κ2) is 4.56. The van der Waals surface area contributed by atoms with E-state index in [0.717, 1.165) is 0 Å². The van der Waals surface area contributed by atoms with Gasteiger partial charge in [-0.2, -0.15) is 0 Å². The van der Waals surface area contributed by atoms with Crippen LogP contribution in [0.1, 0.15) is 5.56 Å². The number of nitrogens with two attached hydrogens (primary N) is 1. The Morgan fingerprint density at radius 2 is 1.93 bits per heavy atom. The molecule has 0 amide bonds. The van der Waals surface area contributed by atoms with Gasteiger partial charge in [-0.1, -0.05) is 11.6 Å². The van der Waals surface area contributed by atoms with Crippen LogP contribution in [0.3, 0.4) is 0 Å². The molecule has 0 bridgehead atoms. The fourth-order valence-electron chi connectivity index (χ4n) is 1.02. The van der Waals surface area contributed by atoms with Crippen molar-refractivity contribution >= 4 is 27.4 Å². The Labute approximate surface area is 99.4 Å². The van der Waals surface area contributed by atoms with Gasteiger partial charge in [0.15, 0.2) is 0 Å². The molecule has 1 rings (SSSR count). The Bertz CT molecular complexity index is 423. The summed E-state index contributed by atoms with van der Waals surface area (Å²) in [6, 6.07) is 2.76. The molecule has 0 radical (unpaired) electrons. The Hall–Kier alpha value is -0.183. The predicted octanol–water partition coefficient (Wildman–Crippen LogP) is -1.86. The van der Waals surface area contributed by atoms with E-state index in [9.17, 15) is 13.0 Å². The van der Waals surface area contributed by atoms with E-state index in [1.54, 1.807) is 6.92 Å². The van der Waals surface area contributed by atoms with Gasteiger partial charge in [0.25, 0.3) is 0 Å². The van der Waals surface area contributed by atoms with Crippen LogP contribution in [-0.4, -0.2) is 13.0 Å². The van der Waals surface area contributed by atoms with Crippen LogP contribution in [0.2, 0.25) is 5.02 Å². The molecule has 7 heteroatoms. The van der Waals surface area contributed by atoms with Gasteiger partial charge in [0, 0.05) is 0 Å². The number of hydrogen-bond donors (Lipinski definition) is 1. The standard InChI is InChI=1S/C7H8ClNO3S.Li/c1-4-2-5(8)7(6(9)3-4)13(10,11)12;/h2-3H,9H2,1H3,(H,10,11,12);/q;+1/p-1. The molecule has 1 aromatic rings. The van der Waals surface area contributed by atoms with Crippen LogP contribution in [0.25, 0.3) is 0 Å². The van der Waals surface area contributed by atoms with Gasteiger partial charge in [-0.25, -0.2) is 8.42 Å². The topological polar surface area (TPSA) is 83.2 Å². The molecule has 0 unspecified atom stereocenters. The zero-order valence-corrected chi connectivity index (χ0v) is 9.32. The molecular formula is C7H7ClLiNO3S. The first-order chi connectivity index (χ1) is 5.82. The molecule has 72 valence electrons. The van der Waals surface area contributed by atoms with Gasteiger partial charge in [-0.05, 0) is 24.6 Å². The number of aryl methyl sites for hydroxylation is 1. The first-order valence-electron chi connectivity index (χ1n) is 3.34. The Balaban J connectivity index is 0.00000169. The zero-order valence-electron chi connectivity index (χ0n) is 7.74. The van der Waals surface area contributed by atoms with Crippen LogP contribution in [0.4, 0.5) is 5.69 Å². The third kappa shape index (κ3) is 2.91. The average molecular weight is 228 g/mol. The third-order valence-corrected chi connectivity index (χ3v) is 2.83. The van der Waals surface area contributed by atoms with E-state index in [4.69, 9.17) is 17.3 Å². The van der Waals surface area contributed by atoms with Crippen molar-refractivity contribution in [2.24, 2.45) is 0 Å². The molecule has 0 spiro atoms. The summed E-state index contributed by atoms with van der Waals surface area (Å²) >= 11 is 5.56. The van der Waals surface area contributed by atoms with Gasteiger partial charge in [0.1, 0.15) is 10.1 Å². The van der Waals surface area contributed by atoms with E-state index in [1.807, 2.05) is 0 Å². The van der Waals surface area contributed by atoms with Gasteiger partial charge >= 0.3 is 18.9 Å². The quantitative estimate of drug-likeness (QED) is 0.346. The number of hydrogen-bond acceptors (Lipinski definition) is 4. The SMILES string of the molecule is Cc1cc(N)c(S(=O)(=O)[O-])c(Cl)c1.[Li+].